The molecule has 0 aromatic heterocycles. The minimum Gasteiger partial charge on any atom is -0.207 e. The SMILES string of the molecule is CC(C)(C)Cc1ccc(C2(C(C)(C)C)CC2)cc1F. The molecule has 1 fully saturated rings. The van der Waals surface area contributed by atoms with Crippen LogP contribution in [0.25, 0.3) is 0 Å². The van der Waals surface area contributed by atoms with E-state index in [4.69, 9.17) is 0 Å². The first-order valence-corrected chi connectivity index (χ1v) is 7.34. The van der Waals surface area contributed by atoms with Gasteiger partial charge in [0.15, 0.2) is 0 Å². The van der Waals surface area contributed by atoms with Crippen molar-refractivity contribution in [1.29, 1.82) is 0 Å². The molecule has 0 aliphatic heterocycles. The molecule has 1 aliphatic rings. The Kier molecular flexibility index (Phi) is 3.32. The van der Waals surface area contributed by atoms with E-state index in [0.29, 0.717) is 0 Å². The molecule has 0 spiro atoms. The predicted octanol–water partition coefficient (Wildman–Crippen LogP) is 5.49. The van der Waals surface area contributed by atoms with Crippen LogP contribution < -0.4 is 0 Å². The molecular weight excluding hydrogens is 235 g/mol. The third kappa shape index (κ3) is 2.85. The smallest absolute Gasteiger partial charge is 0.126 e. The van der Waals surface area contributed by atoms with Gasteiger partial charge in [-0.05, 0) is 47.3 Å². The number of benzene rings is 1. The van der Waals surface area contributed by atoms with Crippen LogP contribution in [0.1, 0.15) is 65.5 Å². The molecule has 0 atom stereocenters. The monoisotopic (exact) mass is 262 g/mol. The largest absolute Gasteiger partial charge is 0.207 e. The van der Waals surface area contributed by atoms with E-state index in [-0.39, 0.29) is 22.1 Å². The van der Waals surface area contributed by atoms with Gasteiger partial charge in [0.25, 0.3) is 0 Å². The standard InChI is InChI=1S/C18H27F/c1-16(2,3)12-13-7-8-14(11-15(13)19)18(9-10-18)17(4,5)6/h7-8,11H,9-10,12H2,1-6H3. The Morgan fingerprint density at radius 2 is 1.63 bits per heavy atom. The summed E-state index contributed by atoms with van der Waals surface area (Å²) in [6, 6.07) is 5.95. The summed E-state index contributed by atoms with van der Waals surface area (Å²) in [6.45, 7) is 13.2. The van der Waals surface area contributed by atoms with Crippen molar-refractivity contribution < 1.29 is 4.39 Å². The summed E-state index contributed by atoms with van der Waals surface area (Å²) in [7, 11) is 0. The molecule has 1 saturated carbocycles. The summed E-state index contributed by atoms with van der Waals surface area (Å²) in [5.41, 5.74) is 2.58. The van der Waals surface area contributed by atoms with Crippen LogP contribution in [0.15, 0.2) is 18.2 Å². The Hall–Kier alpha value is -0.850. The van der Waals surface area contributed by atoms with E-state index in [1.807, 2.05) is 6.07 Å². The highest BCUT2D eigenvalue weighted by Gasteiger charge is 2.53. The molecule has 0 bridgehead atoms. The first-order valence-electron chi connectivity index (χ1n) is 7.34. The lowest BCUT2D eigenvalue weighted by Crippen LogP contribution is -2.26. The fourth-order valence-corrected chi connectivity index (χ4v) is 3.16. The fourth-order valence-electron chi connectivity index (χ4n) is 3.16. The summed E-state index contributed by atoms with van der Waals surface area (Å²) in [6.07, 6.45) is 3.17. The van der Waals surface area contributed by atoms with Crippen LogP contribution in [-0.2, 0) is 11.8 Å². The minimum atomic E-state index is -0.0250. The van der Waals surface area contributed by atoms with Gasteiger partial charge in [-0.25, -0.2) is 4.39 Å². The average molecular weight is 262 g/mol. The van der Waals surface area contributed by atoms with Crippen molar-refractivity contribution >= 4 is 0 Å². The zero-order valence-corrected chi connectivity index (χ0v) is 13.2. The lowest BCUT2D eigenvalue weighted by atomic mass is 9.73. The topological polar surface area (TPSA) is 0 Å². The van der Waals surface area contributed by atoms with Gasteiger partial charge in [0.1, 0.15) is 5.82 Å². The van der Waals surface area contributed by atoms with Crippen LogP contribution in [0, 0.1) is 16.6 Å². The van der Waals surface area contributed by atoms with Crippen molar-refractivity contribution in [3.05, 3.63) is 35.1 Å². The molecule has 0 amide bonds. The molecular formula is C18H27F. The van der Waals surface area contributed by atoms with Crippen molar-refractivity contribution in [2.45, 2.75) is 66.2 Å². The number of halogens is 1. The Morgan fingerprint density at radius 1 is 1.05 bits per heavy atom. The molecule has 1 aromatic rings. The van der Waals surface area contributed by atoms with Gasteiger partial charge in [0.05, 0.1) is 0 Å². The van der Waals surface area contributed by atoms with Crippen LogP contribution >= 0.6 is 0 Å². The number of rotatable bonds is 2. The van der Waals surface area contributed by atoms with Gasteiger partial charge in [-0.3, -0.25) is 0 Å². The zero-order chi connectivity index (χ0) is 14.5. The maximum absolute atomic E-state index is 14.3. The van der Waals surface area contributed by atoms with E-state index in [1.165, 1.54) is 18.4 Å². The number of hydrogen-bond acceptors (Lipinski definition) is 0. The van der Waals surface area contributed by atoms with Crippen LogP contribution in [0.5, 0.6) is 0 Å². The van der Waals surface area contributed by atoms with Crippen molar-refractivity contribution in [3.63, 3.8) is 0 Å². The summed E-state index contributed by atoms with van der Waals surface area (Å²) in [5, 5.41) is 0. The second-order valence-corrected chi connectivity index (χ2v) is 8.38. The van der Waals surface area contributed by atoms with E-state index in [1.54, 1.807) is 6.07 Å². The van der Waals surface area contributed by atoms with E-state index in [2.05, 4.69) is 47.6 Å². The second-order valence-electron chi connectivity index (χ2n) is 8.38. The maximum Gasteiger partial charge on any atom is 0.126 e. The summed E-state index contributed by atoms with van der Waals surface area (Å²) in [4.78, 5) is 0. The van der Waals surface area contributed by atoms with Gasteiger partial charge in [-0.2, -0.15) is 0 Å². The van der Waals surface area contributed by atoms with E-state index < -0.39 is 0 Å². The van der Waals surface area contributed by atoms with E-state index >= 15 is 0 Å². The lowest BCUT2D eigenvalue weighted by Gasteiger charge is -2.32. The third-order valence-electron chi connectivity index (χ3n) is 4.51. The van der Waals surface area contributed by atoms with Gasteiger partial charge >= 0.3 is 0 Å². The normalized spacial score (nSPS) is 18.5. The van der Waals surface area contributed by atoms with Crippen LogP contribution in [-0.4, -0.2) is 0 Å². The molecule has 0 saturated heterocycles. The molecule has 0 radical (unpaired) electrons. The molecule has 0 nitrogen and oxygen atoms in total. The Morgan fingerprint density at radius 3 is 2.00 bits per heavy atom. The average Bonchev–Trinajstić information content (AvgIpc) is 2.98. The Labute approximate surface area is 117 Å². The molecule has 1 aromatic carbocycles. The highest BCUT2D eigenvalue weighted by molar-refractivity contribution is 5.37. The van der Waals surface area contributed by atoms with Crippen LogP contribution in [0.2, 0.25) is 0 Å². The second kappa shape index (κ2) is 4.33. The van der Waals surface area contributed by atoms with Gasteiger partial charge < -0.3 is 0 Å². The van der Waals surface area contributed by atoms with Crippen LogP contribution in [0.4, 0.5) is 4.39 Å². The van der Waals surface area contributed by atoms with Gasteiger partial charge in [-0.15, -0.1) is 0 Å². The molecule has 0 N–H and O–H groups in total. The summed E-state index contributed by atoms with van der Waals surface area (Å²) < 4.78 is 14.3. The van der Waals surface area contributed by atoms with Crippen molar-refractivity contribution in [2.24, 2.45) is 10.8 Å². The molecule has 0 unspecified atom stereocenters. The van der Waals surface area contributed by atoms with Crippen LogP contribution in [0.3, 0.4) is 0 Å². The first kappa shape index (κ1) is 14.6. The van der Waals surface area contributed by atoms with Crippen molar-refractivity contribution in [3.8, 4) is 0 Å². The molecule has 0 heterocycles. The predicted molar refractivity (Wildman–Crippen MR) is 79.9 cm³/mol. The maximum atomic E-state index is 14.3. The highest BCUT2D eigenvalue weighted by atomic mass is 19.1. The zero-order valence-electron chi connectivity index (χ0n) is 13.2. The van der Waals surface area contributed by atoms with E-state index in [9.17, 15) is 4.39 Å². The minimum absolute atomic E-state index is 0.0250. The van der Waals surface area contributed by atoms with Gasteiger partial charge in [-0.1, -0.05) is 53.7 Å². The van der Waals surface area contributed by atoms with Crippen molar-refractivity contribution in [1.82, 2.24) is 0 Å². The highest BCUT2D eigenvalue weighted by Crippen LogP contribution is 2.59. The fraction of sp³-hybridized carbons (Fsp3) is 0.667. The first-order chi connectivity index (χ1) is 8.55. The van der Waals surface area contributed by atoms with Crippen molar-refractivity contribution in [2.75, 3.05) is 0 Å². The lowest BCUT2D eigenvalue weighted by molar-refractivity contribution is 0.298. The third-order valence-corrected chi connectivity index (χ3v) is 4.51. The summed E-state index contributed by atoms with van der Waals surface area (Å²) in [5.74, 6) is -0.0250. The number of hydrogen-bond donors (Lipinski definition) is 0. The summed E-state index contributed by atoms with van der Waals surface area (Å²) >= 11 is 0. The Bertz CT molecular complexity index is 467. The van der Waals surface area contributed by atoms with Gasteiger partial charge in [0, 0.05) is 5.41 Å². The van der Waals surface area contributed by atoms with Gasteiger partial charge in [0.2, 0.25) is 0 Å². The molecule has 1 heteroatoms. The molecule has 106 valence electrons. The van der Waals surface area contributed by atoms with E-state index in [0.717, 1.165) is 12.0 Å². The molecule has 1 aliphatic carbocycles. The molecule has 2 rings (SSSR count). The Balaban J connectivity index is 2.30. The quantitative estimate of drug-likeness (QED) is 0.661. The molecule has 19 heavy (non-hydrogen) atoms.